The molecule has 6 nitrogen and oxygen atoms in total. The quantitative estimate of drug-likeness (QED) is 0.753. The minimum Gasteiger partial charge on any atom is -0.491 e. The van der Waals surface area contributed by atoms with E-state index in [4.69, 9.17) is 9.47 Å². The number of nitrogens with zero attached hydrogens (tertiary/aromatic N) is 3. The van der Waals surface area contributed by atoms with Gasteiger partial charge in [-0.3, -0.25) is 9.48 Å². The van der Waals surface area contributed by atoms with Crippen LogP contribution in [0.1, 0.15) is 47.4 Å². The van der Waals surface area contributed by atoms with Crippen molar-refractivity contribution < 1.29 is 14.3 Å². The van der Waals surface area contributed by atoms with Gasteiger partial charge in [-0.15, -0.1) is 0 Å². The van der Waals surface area contributed by atoms with Crippen molar-refractivity contribution in [3.05, 3.63) is 47.3 Å². The molecule has 4 rings (SSSR count). The predicted octanol–water partition coefficient (Wildman–Crippen LogP) is 3.09. The zero-order chi connectivity index (χ0) is 18.8. The number of benzene rings is 1. The molecule has 0 unspecified atom stereocenters. The predicted molar refractivity (Wildman–Crippen MR) is 102 cm³/mol. The minimum absolute atomic E-state index is 0.0475. The van der Waals surface area contributed by atoms with Crippen LogP contribution in [0, 0.1) is 6.92 Å². The van der Waals surface area contributed by atoms with Crippen molar-refractivity contribution in [3.63, 3.8) is 0 Å². The summed E-state index contributed by atoms with van der Waals surface area (Å²) in [5.41, 5.74) is 2.59. The number of hydrogen-bond acceptors (Lipinski definition) is 4. The maximum Gasteiger partial charge on any atom is 0.272 e. The van der Waals surface area contributed by atoms with Crippen molar-refractivity contribution in [2.45, 2.75) is 51.3 Å². The highest BCUT2D eigenvalue weighted by Gasteiger charge is 2.34. The van der Waals surface area contributed by atoms with Gasteiger partial charge in [0.05, 0.1) is 11.8 Å². The summed E-state index contributed by atoms with van der Waals surface area (Å²) in [6.07, 6.45) is 4.51. The molecule has 1 aromatic carbocycles. The summed E-state index contributed by atoms with van der Waals surface area (Å²) in [5.74, 6) is 0.883. The van der Waals surface area contributed by atoms with Crippen LogP contribution >= 0.6 is 0 Å². The Hall–Kier alpha value is -2.34. The fourth-order valence-corrected chi connectivity index (χ4v) is 3.61. The maximum absolute atomic E-state index is 13.1. The number of carbonyl (C=O) groups is 1. The van der Waals surface area contributed by atoms with Crippen LogP contribution in [0.15, 0.2) is 30.3 Å². The van der Waals surface area contributed by atoms with Crippen LogP contribution in [0.3, 0.4) is 0 Å². The van der Waals surface area contributed by atoms with Crippen molar-refractivity contribution in [2.75, 3.05) is 13.2 Å². The number of ether oxygens (including phenoxy) is 2. The monoisotopic (exact) mass is 369 g/mol. The smallest absolute Gasteiger partial charge is 0.272 e. The average Bonchev–Trinajstić information content (AvgIpc) is 3.25. The van der Waals surface area contributed by atoms with Gasteiger partial charge in [-0.25, -0.2) is 0 Å². The van der Waals surface area contributed by atoms with Crippen LogP contribution < -0.4 is 4.74 Å². The van der Waals surface area contributed by atoms with Gasteiger partial charge in [0, 0.05) is 26.2 Å². The van der Waals surface area contributed by atoms with Gasteiger partial charge >= 0.3 is 0 Å². The van der Waals surface area contributed by atoms with Gasteiger partial charge in [-0.2, -0.15) is 5.10 Å². The van der Waals surface area contributed by atoms with E-state index in [0.29, 0.717) is 24.9 Å². The van der Waals surface area contributed by atoms with Crippen LogP contribution in [-0.4, -0.2) is 45.9 Å². The highest BCUT2D eigenvalue weighted by atomic mass is 16.5. The van der Waals surface area contributed by atoms with E-state index in [0.717, 1.165) is 49.3 Å². The molecular weight excluding hydrogens is 342 g/mol. The minimum atomic E-state index is 0.0475. The standard InChI is InChI=1S/C21H27N3O3/c1-15-11-20(23(2)22-15)21(25)24(17-8-9-17)13-16-5-3-6-18(12-16)27-14-19-7-4-10-26-19/h3,5-6,11-12,17,19H,4,7-10,13-14H2,1-2H3/t19-/m1/s1. The van der Waals surface area contributed by atoms with E-state index in [1.807, 2.05) is 43.1 Å². The molecule has 2 fully saturated rings. The van der Waals surface area contributed by atoms with Gasteiger partial charge in [0.25, 0.3) is 5.91 Å². The second-order valence-electron chi connectivity index (χ2n) is 7.55. The van der Waals surface area contributed by atoms with Crippen LogP contribution in [0.25, 0.3) is 0 Å². The van der Waals surface area contributed by atoms with Crippen LogP contribution in [-0.2, 0) is 18.3 Å². The van der Waals surface area contributed by atoms with Crippen LogP contribution in [0.2, 0.25) is 0 Å². The van der Waals surface area contributed by atoms with Crippen LogP contribution in [0.4, 0.5) is 0 Å². The summed E-state index contributed by atoms with van der Waals surface area (Å²) in [5, 5.41) is 4.31. The Bertz CT molecular complexity index is 807. The number of rotatable bonds is 7. The summed E-state index contributed by atoms with van der Waals surface area (Å²) in [6.45, 7) is 3.92. The fraction of sp³-hybridized carbons (Fsp3) is 0.524. The molecule has 1 atom stereocenters. The first-order valence-corrected chi connectivity index (χ1v) is 9.75. The molecule has 6 heteroatoms. The number of carbonyl (C=O) groups excluding carboxylic acids is 1. The molecule has 1 amide bonds. The van der Waals surface area contributed by atoms with E-state index >= 15 is 0 Å². The third kappa shape index (κ3) is 4.33. The Morgan fingerprint density at radius 2 is 2.19 bits per heavy atom. The zero-order valence-electron chi connectivity index (χ0n) is 16.1. The van der Waals surface area contributed by atoms with Gasteiger partial charge in [-0.05, 0) is 56.4 Å². The van der Waals surface area contributed by atoms with E-state index in [9.17, 15) is 4.79 Å². The second kappa shape index (κ2) is 7.72. The Balaban J connectivity index is 1.44. The molecular formula is C21H27N3O3. The third-order valence-corrected chi connectivity index (χ3v) is 5.18. The Kier molecular flexibility index (Phi) is 5.16. The molecule has 2 aliphatic rings. The molecule has 2 heterocycles. The van der Waals surface area contributed by atoms with Crippen molar-refractivity contribution in [3.8, 4) is 5.75 Å². The topological polar surface area (TPSA) is 56.6 Å². The largest absolute Gasteiger partial charge is 0.491 e. The fourth-order valence-electron chi connectivity index (χ4n) is 3.61. The van der Waals surface area contributed by atoms with Gasteiger partial charge in [0.15, 0.2) is 0 Å². The molecule has 0 spiro atoms. The highest BCUT2D eigenvalue weighted by Crippen LogP contribution is 2.30. The first-order valence-electron chi connectivity index (χ1n) is 9.75. The Morgan fingerprint density at radius 1 is 1.33 bits per heavy atom. The van der Waals surface area contributed by atoms with Crippen molar-refractivity contribution >= 4 is 5.91 Å². The summed E-state index contributed by atoms with van der Waals surface area (Å²) < 4.78 is 13.2. The van der Waals surface area contributed by atoms with E-state index in [1.165, 1.54) is 0 Å². The summed E-state index contributed by atoms with van der Waals surface area (Å²) in [4.78, 5) is 15.0. The molecule has 27 heavy (non-hydrogen) atoms. The summed E-state index contributed by atoms with van der Waals surface area (Å²) in [7, 11) is 1.82. The van der Waals surface area contributed by atoms with E-state index in [2.05, 4.69) is 11.2 Å². The third-order valence-electron chi connectivity index (χ3n) is 5.18. The first kappa shape index (κ1) is 18.0. The van der Waals surface area contributed by atoms with E-state index in [-0.39, 0.29) is 12.0 Å². The lowest BCUT2D eigenvalue weighted by Gasteiger charge is -2.23. The van der Waals surface area contributed by atoms with Crippen molar-refractivity contribution in [1.82, 2.24) is 14.7 Å². The Labute approximate surface area is 160 Å². The molecule has 1 aliphatic heterocycles. The highest BCUT2D eigenvalue weighted by molar-refractivity contribution is 5.93. The SMILES string of the molecule is Cc1cc(C(=O)N(Cc2cccc(OC[C@H]3CCCO3)c2)C2CC2)n(C)n1. The van der Waals surface area contributed by atoms with Gasteiger partial charge < -0.3 is 14.4 Å². The molecule has 0 radical (unpaired) electrons. The molecule has 1 aliphatic carbocycles. The molecule has 144 valence electrons. The van der Waals surface area contributed by atoms with Crippen LogP contribution in [0.5, 0.6) is 5.75 Å². The normalized spacial score (nSPS) is 19.3. The molecule has 1 saturated carbocycles. The lowest BCUT2D eigenvalue weighted by atomic mass is 10.2. The summed E-state index contributed by atoms with van der Waals surface area (Å²) >= 11 is 0. The number of aryl methyl sites for hydroxylation is 2. The number of amides is 1. The average molecular weight is 369 g/mol. The number of aromatic nitrogens is 2. The lowest BCUT2D eigenvalue weighted by Crippen LogP contribution is -2.33. The van der Waals surface area contributed by atoms with Crippen molar-refractivity contribution in [2.24, 2.45) is 7.05 Å². The zero-order valence-corrected chi connectivity index (χ0v) is 16.1. The first-order chi connectivity index (χ1) is 13.1. The Morgan fingerprint density at radius 3 is 2.85 bits per heavy atom. The van der Waals surface area contributed by atoms with Gasteiger partial charge in [0.1, 0.15) is 18.1 Å². The second-order valence-corrected chi connectivity index (χ2v) is 7.55. The van der Waals surface area contributed by atoms with E-state index < -0.39 is 0 Å². The molecule has 1 saturated heterocycles. The van der Waals surface area contributed by atoms with Gasteiger partial charge in [-0.1, -0.05) is 12.1 Å². The molecule has 0 N–H and O–H groups in total. The molecule has 0 bridgehead atoms. The molecule has 1 aromatic heterocycles. The van der Waals surface area contributed by atoms with E-state index in [1.54, 1.807) is 4.68 Å². The molecule has 2 aromatic rings. The maximum atomic E-state index is 13.1. The number of hydrogen-bond donors (Lipinski definition) is 0. The lowest BCUT2D eigenvalue weighted by molar-refractivity contribution is 0.0678. The summed E-state index contributed by atoms with van der Waals surface area (Å²) in [6, 6.07) is 10.2. The van der Waals surface area contributed by atoms with Gasteiger partial charge in [0.2, 0.25) is 0 Å². The van der Waals surface area contributed by atoms with Crippen molar-refractivity contribution in [1.29, 1.82) is 0 Å².